The van der Waals surface area contributed by atoms with Crippen molar-refractivity contribution in [3.63, 3.8) is 0 Å². The van der Waals surface area contributed by atoms with Gasteiger partial charge in [-0.25, -0.2) is 0 Å². The molecular weight excluding hydrogens is 419 g/mol. The molecule has 0 radical (unpaired) electrons. The SMILES string of the molecule is O=C(CSc1nnc(-c2ccc(Cl)cc2)o1)N(Cc1ccco1)CC(F)(F)F. The molecule has 2 aromatic heterocycles. The van der Waals surface area contributed by atoms with E-state index < -0.39 is 18.6 Å². The molecule has 0 atom stereocenters. The van der Waals surface area contributed by atoms with Crippen molar-refractivity contribution in [2.24, 2.45) is 0 Å². The van der Waals surface area contributed by atoms with E-state index in [0.717, 1.165) is 11.8 Å². The summed E-state index contributed by atoms with van der Waals surface area (Å²) in [6, 6.07) is 9.72. The van der Waals surface area contributed by atoms with Gasteiger partial charge in [-0.1, -0.05) is 23.4 Å². The van der Waals surface area contributed by atoms with E-state index in [1.807, 2.05) is 0 Å². The fourth-order valence-electron chi connectivity index (χ4n) is 2.23. The maximum atomic E-state index is 12.8. The lowest BCUT2D eigenvalue weighted by Gasteiger charge is -2.22. The number of aromatic nitrogens is 2. The van der Waals surface area contributed by atoms with Crippen molar-refractivity contribution >= 4 is 29.3 Å². The van der Waals surface area contributed by atoms with Crippen LogP contribution >= 0.6 is 23.4 Å². The van der Waals surface area contributed by atoms with Crippen LogP contribution in [0.25, 0.3) is 11.5 Å². The number of rotatable bonds is 7. The number of furan rings is 1. The Bertz CT molecular complexity index is 914. The monoisotopic (exact) mass is 431 g/mol. The molecule has 3 aromatic rings. The number of nitrogens with zero attached hydrogens (tertiary/aromatic N) is 3. The van der Waals surface area contributed by atoms with Gasteiger partial charge in [-0.2, -0.15) is 13.2 Å². The Morgan fingerprint density at radius 3 is 2.57 bits per heavy atom. The fraction of sp³-hybridized carbons (Fsp3) is 0.235. The van der Waals surface area contributed by atoms with Gasteiger partial charge in [0.1, 0.15) is 12.3 Å². The van der Waals surface area contributed by atoms with Crippen LogP contribution < -0.4 is 0 Å². The highest BCUT2D eigenvalue weighted by Crippen LogP contribution is 2.25. The summed E-state index contributed by atoms with van der Waals surface area (Å²) in [5.41, 5.74) is 0.631. The number of benzene rings is 1. The van der Waals surface area contributed by atoms with Crippen molar-refractivity contribution in [2.45, 2.75) is 17.9 Å². The van der Waals surface area contributed by atoms with E-state index in [2.05, 4.69) is 10.2 Å². The second-order valence-electron chi connectivity index (χ2n) is 5.61. The molecule has 0 saturated heterocycles. The molecule has 0 aliphatic heterocycles. The quantitative estimate of drug-likeness (QED) is 0.506. The normalized spacial score (nSPS) is 11.6. The zero-order valence-corrected chi connectivity index (χ0v) is 15.7. The van der Waals surface area contributed by atoms with Gasteiger partial charge in [0, 0.05) is 10.6 Å². The molecule has 0 bridgehead atoms. The lowest BCUT2D eigenvalue weighted by molar-refractivity contribution is -0.161. The number of hydrogen-bond acceptors (Lipinski definition) is 6. The molecule has 0 spiro atoms. The summed E-state index contributed by atoms with van der Waals surface area (Å²) in [7, 11) is 0. The summed E-state index contributed by atoms with van der Waals surface area (Å²) in [6.07, 6.45) is -3.20. The minimum atomic E-state index is -4.53. The number of halogens is 4. The van der Waals surface area contributed by atoms with Gasteiger partial charge < -0.3 is 13.7 Å². The molecule has 0 N–H and O–H groups in total. The molecule has 148 valence electrons. The van der Waals surface area contributed by atoms with Crippen LogP contribution in [-0.2, 0) is 11.3 Å². The van der Waals surface area contributed by atoms with E-state index in [1.165, 1.54) is 18.4 Å². The van der Waals surface area contributed by atoms with E-state index in [9.17, 15) is 18.0 Å². The summed E-state index contributed by atoms with van der Waals surface area (Å²) in [5, 5.41) is 8.28. The minimum absolute atomic E-state index is 0.0725. The molecule has 0 aliphatic carbocycles. The van der Waals surface area contributed by atoms with Crippen LogP contribution in [0.5, 0.6) is 0 Å². The van der Waals surface area contributed by atoms with Crippen molar-refractivity contribution in [2.75, 3.05) is 12.3 Å². The molecule has 6 nitrogen and oxygen atoms in total. The van der Waals surface area contributed by atoms with Crippen molar-refractivity contribution < 1.29 is 26.8 Å². The van der Waals surface area contributed by atoms with E-state index in [4.69, 9.17) is 20.4 Å². The number of carbonyl (C=O) groups excluding carboxylic acids is 1. The molecule has 0 unspecified atom stereocenters. The summed E-state index contributed by atoms with van der Waals surface area (Å²) in [5.74, 6) is -0.552. The standard InChI is InChI=1S/C17H13ClF3N3O3S/c18-12-5-3-11(4-6-12)15-22-23-16(27-15)28-9-14(25)24(10-17(19,20)21)8-13-2-1-7-26-13/h1-7H,8-10H2. The number of amides is 1. The lowest BCUT2D eigenvalue weighted by Crippen LogP contribution is -2.39. The second-order valence-corrected chi connectivity index (χ2v) is 6.98. The van der Waals surface area contributed by atoms with Crippen molar-refractivity contribution in [1.82, 2.24) is 15.1 Å². The lowest BCUT2D eigenvalue weighted by atomic mass is 10.2. The van der Waals surface area contributed by atoms with Crippen LogP contribution in [0, 0.1) is 0 Å². The van der Waals surface area contributed by atoms with Gasteiger partial charge in [-0.3, -0.25) is 4.79 Å². The average Bonchev–Trinajstić information content (AvgIpc) is 3.30. The average molecular weight is 432 g/mol. The van der Waals surface area contributed by atoms with Gasteiger partial charge in [-0.15, -0.1) is 10.2 Å². The Balaban J connectivity index is 1.63. The smallest absolute Gasteiger partial charge is 0.406 e. The maximum absolute atomic E-state index is 12.8. The highest BCUT2D eigenvalue weighted by atomic mass is 35.5. The number of hydrogen-bond donors (Lipinski definition) is 0. The molecule has 11 heteroatoms. The molecule has 1 amide bonds. The van der Waals surface area contributed by atoms with Crippen LogP contribution in [0.4, 0.5) is 13.2 Å². The highest BCUT2D eigenvalue weighted by Gasteiger charge is 2.33. The van der Waals surface area contributed by atoms with E-state index in [1.54, 1.807) is 24.3 Å². The number of alkyl halides is 3. The molecule has 0 fully saturated rings. The summed E-state index contributed by atoms with van der Waals surface area (Å²) < 4.78 is 48.9. The number of carbonyl (C=O) groups is 1. The van der Waals surface area contributed by atoms with Gasteiger partial charge >= 0.3 is 6.18 Å². The minimum Gasteiger partial charge on any atom is -0.467 e. The van der Waals surface area contributed by atoms with Gasteiger partial charge in [0.05, 0.1) is 18.6 Å². The Labute approximate surface area is 166 Å². The first-order chi connectivity index (χ1) is 13.3. The van der Waals surface area contributed by atoms with E-state index in [-0.39, 0.29) is 29.2 Å². The van der Waals surface area contributed by atoms with Crippen LogP contribution in [-0.4, -0.2) is 39.5 Å². The van der Waals surface area contributed by atoms with Crippen LogP contribution in [0.2, 0.25) is 5.02 Å². The molecule has 0 saturated carbocycles. The van der Waals surface area contributed by atoms with Gasteiger partial charge in [0.2, 0.25) is 11.8 Å². The van der Waals surface area contributed by atoms with Gasteiger partial charge in [-0.05, 0) is 36.4 Å². The zero-order chi connectivity index (χ0) is 20.1. The van der Waals surface area contributed by atoms with Crippen molar-refractivity contribution in [3.05, 3.63) is 53.4 Å². The van der Waals surface area contributed by atoms with Crippen LogP contribution in [0.15, 0.2) is 56.7 Å². The summed E-state index contributed by atoms with van der Waals surface area (Å²) >= 11 is 6.67. The van der Waals surface area contributed by atoms with E-state index in [0.29, 0.717) is 15.5 Å². The van der Waals surface area contributed by atoms with Crippen LogP contribution in [0.1, 0.15) is 5.76 Å². The predicted octanol–water partition coefficient (Wildman–Crippen LogP) is 4.67. The molecule has 1 aromatic carbocycles. The third kappa shape index (κ3) is 5.77. The Morgan fingerprint density at radius 2 is 1.93 bits per heavy atom. The predicted molar refractivity (Wildman–Crippen MR) is 95.6 cm³/mol. The van der Waals surface area contributed by atoms with Crippen LogP contribution in [0.3, 0.4) is 0 Å². The fourth-order valence-corrected chi connectivity index (χ4v) is 3.02. The third-order valence-corrected chi connectivity index (χ3v) is 4.52. The molecule has 2 heterocycles. The maximum Gasteiger partial charge on any atom is 0.406 e. The first kappa shape index (κ1) is 20.3. The zero-order valence-electron chi connectivity index (χ0n) is 14.1. The van der Waals surface area contributed by atoms with E-state index >= 15 is 0 Å². The first-order valence-electron chi connectivity index (χ1n) is 7.89. The van der Waals surface area contributed by atoms with Crippen molar-refractivity contribution in [1.29, 1.82) is 0 Å². The molecule has 28 heavy (non-hydrogen) atoms. The summed E-state index contributed by atoms with van der Waals surface area (Å²) in [4.78, 5) is 13.0. The molecule has 3 rings (SSSR count). The number of thioether (sulfide) groups is 1. The second kappa shape index (κ2) is 8.70. The van der Waals surface area contributed by atoms with Crippen molar-refractivity contribution in [3.8, 4) is 11.5 Å². The van der Waals surface area contributed by atoms with Gasteiger partial charge in [0.15, 0.2) is 0 Å². The highest BCUT2D eigenvalue weighted by molar-refractivity contribution is 7.99. The molecular formula is C17H13ClF3N3O3S. The Kier molecular flexibility index (Phi) is 6.30. The topological polar surface area (TPSA) is 72.4 Å². The first-order valence-corrected chi connectivity index (χ1v) is 9.26. The largest absolute Gasteiger partial charge is 0.467 e. The Morgan fingerprint density at radius 1 is 1.18 bits per heavy atom. The molecule has 0 aliphatic rings. The third-order valence-electron chi connectivity index (χ3n) is 3.47. The Hall–Kier alpha value is -2.46. The van der Waals surface area contributed by atoms with Gasteiger partial charge in [0.25, 0.3) is 5.22 Å². The summed E-state index contributed by atoms with van der Waals surface area (Å²) in [6.45, 7) is -1.67.